The normalized spacial score (nSPS) is 15.7. The van der Waals surface area contributed by atoms with Crippen LogP contribution in [0.3, 0.4) is 0 Å². The molecule has 1 saturated heterocycles. The van der Waals surface area contributed by atoms with Crippen molar-refractivity contribution in [2.24, 2.45) is 5.92 Å². The summed E-state index contributed by atoms with van der Waals surface area (Å²) >= 11 is 0. The van der Waals surface area contributed by atoms with Gasteiger partial charge in [0.2, 0.25) is 0 Å². The zero-order valence-electron chi connectivity index (χ0n) is 14.4. The maximum atomic E-state index is 12.6. The Labute approximate surface area is 148 Å². The molecule has 1 aliphatic heterocycles. The lowest BCUT2D eigenvalue weighted by molar-refractivity contribution is 0.0935. The first-order valence-electron chi connectivity index (χ1n) is 8.80. The van der Waals surface area contributed by atoms with Crippen molar-refractivity contribution < 1.29 is 9.53 Å². The number of rotatable bonds is 8. The molecule has 0 aromatic heterocycles. The van der Waals surface area contributed by atoms with Crippen molar-refractivity contribution in [3.05, 3.63) is 65.7 Å². The lowest BCUT2D eigenvalue weighted by Gasteiger charge is -2.19. The Morgan fingerprint density at radius 2 is 1.76 bits per heavy atom. The van der Waals surface area contributed by atoms with Crippen molar-refractivity contribution in [2.45, 2.75) is 19.4 Å². The molecular weight excluding hydrogens is 312 g/mol. The van der Waals surface area contributed by atoms with Gasteiger partial charge in [-0.1, -0.05) is 30.3 Å². The van der Waals surface area contributed by atoms with Crippen molar-refractivity contribution in [1.82, 2.24) is 4.90 Å². The highest BCUT2D eigenvalue weighted by molar-refractivity contribution is 6.05. The Bertz CT molecular complexity index is 692. The molecule has 0 aliphatic carbocycles. The van der Waals surface area contributed by atoms with Gasteiger partial charge in [-0.15, -0.1) is 0 Å². The van der Waals surface area contributed by atoms with Gasteiger partial charge in [-0.2, -0.15) is 0 Å². The van der Waals surface area contributed by atoms with Gasteiger partial charge in [0, 0.05) is 18.3 Å². The number of benzene rings is 2. The number of hydrogen-bond acceptors (Lipinski definition) is 4. The van der Waals surface area contributed by atoms with Gasteiger partial charge in [-0.3, -0.25) is 4.79 Å². The van der Waals surface area contributed by atoms with Gasteiger partial charge in [0.05, 0.1) is 5.92 Å². The summed E-state index contributed by atoms with van der Waals surface area (Å²) in [7, 11) is 0. The van der Waals surface area contributed by atoms with Crippen LogP contribution in [-0.2, 0) is 6.61 Å². The number of nitrogens with zero attached hydrogens (tertiary/aromatic N) is 1. The van der Waals surface area contributed by atoms with Crippen LogP contribution in [0.2, 0.25) is 0 Å². The molecule has 0 saturated carbocycles. The second-order valence-corrected chi connectivity index (χ2v) is 6.44. The summed E-state index contributed by atoms with van der Waals surface area (Å²) in [6.45, 7) is 3.22. The lowest BCUT2D eigenvalue weighted by atomic mass is 9.98. The van der Waals surface area contributed by atoms with E-state index in [1.165, 1.54) is 19.1 Å². The number of nitrogens with one attached hydrogen (secondary N) is 1. The van der Waals surface area contributed by atoms with E-state index in [-0.39, 0.29) is 11.7 Å². The Kier molecular flexibility index (Phi) is 5.96. The first-order valence-corrected chi connectivity index (χ1v) is 8.80. The maximum absolute atomic E-state index is 12.6. The fourth-order valence-electron chi connectivity index (χ4n) is 3.13. The molecule has 25 heavy (non-hydrogen) atoms. The number of likely N-dealkylation sites (tertiary alicyclic amines) is 1. The molecule has 1 fully saturated rings. The number of Topliss-reactive ketones (excluding diaryl/α,β-unsaturated/α-hetero) is 1. The van der Waals surface area contributed by atoms with Crippen LogP contribution < -0.4 is 4.74 Å². The molecule has 3 rings (SSSR count). The highest BCUT2D eigenvalue weighted by Crippen LogP contribution is 2.18. The molecule has 0 radical (unpaired) electrons. The molecule has 130 valence electrons. The van der Waals surface area contributed by atoms with E-state index >= 15 is 0 Å². The highest BCUT2D eigenvalue weighted by Gasteiger charge is 2.22. The van der Waals surface area contributed by atoms with Gasteiger partial charge in [-0.05, 0) is 55.8 Å². The Morgan fingerprint density at radius 1 is 1.08 bits per heavy atom. The summed E-state index contributed by atoms with van der Waals surface area (Å²) in [5.74, 6) is 0.386. The lowest BCUT2D eigenvalue weighted by Crippen LogP contribution is -2.32. The molecule has 2 aromatic rings. The van der Waals surface area contributed by atoms with E-state index in [1.807, 2.05) is 42.5 Å². The first kappa shape index (κ1) is 17.4. The molecule has 0 spiro atoms. The van der Waals surface area contributed by atoms with Crippen LogP contribution in [0.1, 0.15) is 28.8 Å². The third kappa shape index (κ3) is 4.77. The van der Waals surface area contributed by atoms with Crippen molar-refractivity contribution in [3.63, 3.8) is 0 Å². The van der Waals surface area contributed by atoms with Crippen LogP contribution in [0.5, 0.6) is 5.75 Å². The summed E-state index contributed by atoms with van der Waals surface area (Å²) in [6.07, 6.45) is 3.65. The zero-order valence-corrected chi connectivity index (χ0v) is 14.4. The van der Waals surface area contributed by atoms with Crippen LogP contribution in [0, 0.1) is 11.3 Å². The number of hydrogen-bond donors (Lipinski definition) is 1. The van der Waals surface area contributed by atoms with Gasteiger partial charge in [0.1, 0.15) is 12.4 Å². The Hall–Kier alpha value is -2.46. The third-order valence-electron chi connectivity index (χ3n) is 4.58. The number of ketones is 1. The monoisotopic (exact) mass is 336 g/mol. The van der Waals surface area contributed by atoms with Crippen molar-refractivity contribution >= 4 is 12.0 Å². The predicted molar refractivity (Wildman–Crippen MR) is 99.5 cm³/mol. The smallest absolute Gasteiger partial charge is 0.172 e. The predicted octanol–water partition coefficient (Wildman–Crippen LogP) is 3.81. The second kappa shape index (κ2) is 8.58. The topological polar surface area (TPSA) is 53.4 Å². The molecule has 1 aliphatic rings. The maximum Gasteiger partial charge on any atom is 0.172 e. The summed E-state index contributed by atoms with van der Waals surface area (Å²) in [4.78, 5) is 14.9. The number of carbonyl (C=O) groups is 1. The van der Waals surface area contributed by atoms with Crippen LogP contribution in [-0.4, -0.2) is 36.5 Å². The quantitative estimate of drug-likeness (QED) is 0.589. The van der Waals surface area contributed by atoms with Gasteiger partial charge in [0.25, 0.3) is 0 Å². The average molecular weight is 336 g/mol. The summed E-state index contributed by atoms with van der Waals surface area (Å²) in [6, 6.07) is 17.2. The van der Waals surface area contributed by atoms with Crippen molar-refractivity contribution in [3.8, 4) is 5.75 Å². The van der Waals surface area contributed by atoms with Gasteiger partial charge in [0.15, 0.2) is 5.78 Å². The molecule has 4 heteroatoms. The van der Waals surface area contributed by atoms with E-state index in [0.29, 0.717) is 18.7 Å². The second-order valence-electron chi connectivity index (χ2n) is 6.44. The van der Waals surface area contributed by atoms with Crippen LogP contribution in [0.25, 0.3) is 0 Å². The van der Waals surface area contributed by atoms with Crippen molar-refractivity contribution in [2.75, 3.05) is 19.6 Å². The minimum atomic E-state index is -0.366. The van der Waals surface area contributed by atoms with Crippen LogP contribution >= 0.6 is 0 Å². The highest BCUT2D eigenvalue weighted by atomic mass is 16.5. The van der Waals surface area contributed by atoms with Gasteiger partial charge >= 0.3 is 0 Å². The molecule has 1 N–H and O–H groups in total. The van der Waals surface area contributed by atoms with E-state index in [0.717, 1.165) is 24.4 Å². The summed E-state index contributed by atoms with van der Waals surface area (Å²) in [5.41, 5.74) is 1.75. The molecular formula is C21H24N2O2. The number of ether oxygens (including phenoxy) is 1. The zero-order chi connectivity index (χ0) is 17.5. The van der Waals surface area contributed by atoms with Crippen molar-refractivity contribution in [1.29, 1.82) is 5.41 Å². The average Bonchev–Trinajstić information content (AvgIpc) is 3.18. The largest absolute Gasteiger partial charge is 0.489 e. The molecule has 1 atom stereocenters. The van der Waals surface area contributed by atoms with Gasteiger partial charge in [-0.25, -0.2) is 0 Å². The molecule has 0 amide bonds. The van der Waals surface area contributed by atoms with Crippen LogP contribution in [0.4, 0.5) is 0 Å². The standard InChI is InChI=1S/C21H24N2O2/c22-14-19(15-23-12-4-5-13-23)21(24)18-8-10-20(11-9-18)25-16-17-6-2-1-3-7-17/h1-3,6-11,14,19,22H,4-5,12-13,15-16H2. The minimum Gasteiger partial charge on any atom is -0.489 e. The van der Waals surface area contributed by atoms with Gasteiger partial charge < -0.3 is 15.0 Å². The van der Waals surface area contributed by atoms with E-state index in [9.17, 15) is 4.79 Å². The van der Waals surface area contributed by atoms with E-state index < -0.39 is 0 Å². The minimum absolute atomic E-state index is 0.0107. The van der Waals surface area contributed by atoms with E-state index in [4.69, 9.17) is 10.1 Å². The molecule has 2 aromatic carbocycles. The Morgan fingerprint density at radius 3 is 2.40 bits per heavy atom. The summed E-state index contributed by atoms with van der Waals surface area (Å²) < 4.78 is 5.76. The number of carbonyl (C=O) groups excluding carboxylic acids is 1. The SMILES string of the molecule is N=CC(CN1CCCC1)C(=O)c1ccc(OCc2ccccc2)cc1. The molecule has 0 bridgehead atoms. The van der Waals surface area contributed by atoms with E-state index in [1.54, 1.807) is 12.1 Å². The third-order valence-corrected chi connectivity index (χ3v) is 4.58. The molecule has 4 nitrogen and oxygen atoms in total. The van der Waals surface area contributed by atoms with E-state index in [2.05, 4.69) is 4.90 Å². The fraction of sp³-hybridized carbons (Fsp3) is 0.333. The fourth-order valence-corrected chi connectivity index (χ4v) is 3.13. The Balaban J connectivity index is 1.58. The molecule has 1 heterocycles. The summed E-state index contributed by atoms with van der Waals surface area (Å²) in [5, 5.41) is 7.61. The first-order chi connectivity index (χ1) is 12.3. The molecule has 1 unspecified atom stereocenters. The van der Waals surface area contributed by atoms with Crippen LogP contribution in [0.15, 0.2) is 54.6 Å².